The van der Waals surface area contributed by atoms with Crippen LogP contribution in [0.2, 0.25) is 0 Å². The van der Waals surface area contributed by atoms with Crippen molar-refractivity contribution in [2.75, 3.05) is 5.33 Å². The van der Waals surface area contributed by atoms with E-state index in [9.17, 15) is 9.90 Å². The van der Waals surface area contributed by atoms with Crippen molar-refractivity contribution in [2.45, 2.75) is 84.2 Å². The Hall–Kier alpha value is 0.110. The molecule has 4 aliphatic rings. The molecule has 8 atom stereocenters. The predicted octanol–water partition coefficient (Wildman–Crippen LogP) is 5.36. The van der Waals surface area contributed by atoms with Gasteiger partial charge in [0.25, 0.3) is 0 Å². The average Bonchev–Trinajstić information content (AvgIpc) is 2.92. The normalized spacial score (nSPS) is 55.2. The second-order valence-corrected chi connectivity index (χ2v) is 11.2. The van der Waals surface area contributed by atoms with Crippen LogP contribution in [0.5, 0.6) is 0 Å². The van der Waals surface area contributed by atoms with Crippen LogP contribution in [0, 0.1) is 40.4 Å². The highest BCUT2D eigenvalue weighted by atomic mass is 79.9. The molecule has 4 rings (SSSR count). The van der Waals surface area contributed by atoms with E-state index in [1.165, 1.54) is 38.5 Å². The summed E-state index contributed by atoms with van der Waals surface area (Å²) < 4.78 is 0. The molecule has 3 heteroatoms. The minimum atomic E-state index is -0.444. The molecular formula is C22H35BrO2. The summed E-state index contributed by atoms with van der Waals surface area (Å²) in [5, 5.41) is 11.1. The third-order valence-electron chi connectivity index (χ3n) is 9.47. The van der Waals surface area contributed by atoms with Gasteiger partial charge in [-0.3, -0.25) is 4.79 Å². The lowest BCUT2D eigenvalue weighted by molar-refractivity contribution is -0.150. The van der Waals surface area contributed by atoms with Crippen LogP contribution in [0.15, 0.2) is 0 Å². The Labute approximate surface area is 161 Å². The number of Topliss-reactive ketones (excluding diaryl/α,β-unsaturated/α-hetero) is 1. The molecule has 0 saturated heterocycles. The van der Waals surface area contributed by atoms with Gasteiger partial charge in [-0.1, -0.05) is 29.8 Å². The molecule has 0 aromatic heterocycles. The summed E-state index contributed by atoms with van der Waals surface area (Å²) in [5.74, 6) is 3.81. The van der Waals surface area contributed by atoms with E-state index in [0.717, 1.165) is 37.0 Å². The number of carbonyl (C=O) groups excluding carboxylic acids is 1. The van der Waals surface area contributed by atoms with Gasteiger partial charge in [0, 0.05) is 5.92 Å². The van der Waals surface area contributed by atoms with Crippen molar-refractivity contribution in [3.63, 3.8) is 0 Å². The molecule has 4 fully saturated rings. The number of alkyl halides is 1. The first-order chi connectivity index (χ1) is 11.7. The summed E-state index contributed by atoms with van der Waals surface area (Å²) in [7, 11) is 0. The van der Waals surface area contributed by atoms with Gasteiger partial charge in [0.15, 0.2) is 0 Å². The third kappa shape index (κ3) is 2.70. The number of hydrogen-bond acceptors (Lipinski definition) is 2. The lowest BCUT2D eigenvalue weighted by Gasteiger charge is -2.61. The molecule has 0 aromatic rings. The van der Waals surface area contributed by atoms with E-state index in [1.54, 1.807) is 0 Å². The Morgan fingerprint density at radius 3 is 2.40 bits per heavy atom. The molecule has 4 saturated carbocycles. The summed E-state index contributed by atoms with van der Waals surface area (Å²) in [6.45, 7) is 7.03. The van der Waals surface area contributed by atoms with Crippen LogP contribution in [0.3, 0.4) is 0 Å². The maximum Gasteiger partial charge on any atom is 0.147 e. The van der Waals surface area contributed by atoms with E-state index >= 15 is 0 Å². The summed E-state index contributed by atoms with van der Waals surface area (Å²) in [4.78, 5) is 12.5. The number of halogens is 1. The first-order valence-corrected chi connectivity index (χ1v) is 11.6. The van der Waals surface area contributed by atoms with Crippen molar-refractivity contribution < 1.29 is 9.90 Å². The number of aliphatic hydroxyl groups is 1. The largest absolute Gasteiger partial charge is 0.390 e. The van der Waals surface area contributed by atoms with Gasteiger partial charge in [-0.05, 0) is 99.2 Å². The summed E-state index contributed by atoms with van der Waals surface area (Å²) >= 11 is 3.43. The van der Waals surface area contributed by atoms with Crippen molar-refractivity contribution in [2.24, 2.45) is 40.4 Å². The van der Waals surface area contributed by atoms with E-state index in [1.807, 2.05) is 6.92 Å². The lowest BCUT2D eigenvalue weighted by Crippen LogP contribution is -2.55. The molecule has 0 spiro atoms. The van der Waals surface area contributed by atoms with Crippen molar-refractivity contribution in [3.05, 3.63) is 0 Å². The molecule has 0 amide bonds. The Morgan fingerprint density at radius 2 is 1.68 bits per heavy atom. The zero-order valence-electron chi connectivity index (χ0n) is 16.2. The zero-order valence-corrected chi connectivity index (χ0v) is 17.8. The van der Waals surface area contributed by atoms with Crippen molar-refractivity contribution in [3.8, 4) is 0 Å². The Kier molecular flexibility index (Phi) is 4.47. The number of ketones is 1. The summed E-state index contributed by atoms with van der Waals surface area (Å²) in [5.41, 5.74) is 0.223. The highest BCUT2D eigenvalue weighted by molar-refractivity contribution is 9.09. The second-order valence-electron chi connectivity index (χ2n) is 10.6. The molecule has 142 valence electrons. The monoisotopic (exact) mass is 410 g/mol. The van der Waals surface area contributed by atoms with Crippen LogP contribution in [-0.2, 0) is 4.79 Å². The molecule has 0 aliphatic heterocycles. The fraction of sp³-hybridized carbons (Fsp3) is 0.955. The minimum absolute atomic E-state index is 0.245. The summed E-state index contributed by atoms with van der Waals surface area (Å²) in [6, 6.07) is 0. The number of carbonyl (C=O) groups is 1. The minimum Gasteiger partial charge on any atom is -0.390 e. The summed E-state index contributed by atoms with van der Waals surface area (Å²) in [6.07, 6.45) is 10.7. The molecule has 0 aromatic carbocycles. The fourth-order valence-electron chi connectivity index (χ4n) is 8.05. The number of fused-ring (bicyclic) bond motifs is 5. The van der Waals surface area contributed by atoms with E-state index in [0.29, 0.717) is 22.4 Å². The Balaban J connectivity index is 1.59. The van der Waals surface area contributed by atoms with Crippen LogP contribution >= 0.6 is 15.9 Å². The smallest absolute Gasteiger partial charge is 0.147 e. The van der Waals surface area contributed by atoms with Gasteiger partial charge in [-0.15, -0.1) is 0 Å². The van der Waals surface area contributed by atoms with Crippen LogP contribution in [0.4, 0.5) is 0 Å². The van der Waals surface area contributed by atoms with Gasteiger partial charge in [0.1, 0.15) is 5.78 Å². The van der Waals surface area contributed by atoms with Gasteiger partial charge < -0.3 is 5.11 Å². The number of rotatable bonds is 2. The molecule has 4 aliphatic carbocycles. The Bertz CT molecular complexity index is 558. The molecule has 2 nitrogen and oxygen atoms in total. The quantitative estimate of drug-likeness (QED) is 0.621. The van der Waals surface area contributed by atoms with Crippen LogP contribution in [0.25, 0.3) is 0 Å². The standard InChI is InChI=1S/C22H35BrO2/c1-20(25)10-11-21(2)14(12-20)4-5-15-16-6-7-18(19(24)13-23)22(16,3)9-8-17(15)21/h14-18,25H,4-13H2,1-3H3/t14?,15?,16?,17?,18-,20-,21+,22+/m1/s1. The van der Waals surface area contributed by atoms with Crippen LogP contribution in [0.1, 0.15) is 78.6 Å². The van der Waals surface area contributed by atoms with Gasteiger partial charge >= 0.3 is 0 Å². The molecule has 25 heavy (non-hydrogen) atoms. The van der Waals surface area contributed by atoms with E-state index in [4.69, 9.17) is 0 Å². The molecule has 1 N–H and O–H groups in total. The number of hydrogen-bond donors (Lipinski definition) is 1. The second kappa shape index (κ2) is 6.06. The van der Waals surface area contributed by atoms with Crippen molar-refractivity contribution in [1.82, 2.24) is 0 Å². The van der Waals surface area contributed by atoms with Gasteiger partial charge in [-0.25, -0.2) is 0 Å². The average molecular weight is 411 g/mol. The highest BCUT2D eigenvalue weighted by Crippen LogP contribution is 2.68. The molecule has 0 heterocycles. The zero-order chi connectivity index (χ0) is 18.0. The highest BCUT2D eigenvalue weighted by Gasteiger charge is 2.61. The molecule has 0 radical (unpaired) electrons. The topological polar surface area (TPSA) is 37.3 Å². The fourth-order valence-corrected chi connectivity index (χ4v) is 8.44. The third-order valence-corrected chi connectivity index (χ3v) is 10.0. The maximum absolute atomic E-state index is 12.5. The van der Waals surface area contributed by atoms with Gasteiger partial charge in [0.05, 0.1) is 10.9 Å². The van der Waals surface area contributed by atoms with Crippen LogP contribution < -0.4 is 0 Å². The van der Waals surface area contributed by atoms with Crippen LogP contribution in [-0.4, -0.2) is 21.8 Å². The van der Waals surface area contributed by atoms with E-state index < -0.39 is 5.60 Å². The molecular weight excluding hydrogens is 376 g/mol. The predicted molar refractivity (Wildman–Crippen MR) is 105 cm³/mol. The lowest BCUT2D eigenvalue weighted by atomic mass is 9.44. The first kappa shape index (κ1) is 18.5. The Morgan fingerprint density at radius 1 is 0.960 bits per heavy atom. The van der Waals surface area contributed by atoms with Gasteiger partial charge in [-0.2, -0.15) is 0 Å². The maximum atomic E-state index is 12.5. The van der Waals surface area contributed by atoms with Crippen molar-refractivity contribution >= 4 is 21.7 Å². The molecule has 0 bridgehead atoms. The first-order valence-electron chi connectivity index (χ1n) is 10.5. The van der Waals surface area contributed by atoms with Gasteiger partial charge in [0.2, 0.25) is 0 Å². The van der Waals surface area contributed by atoms with E-state index in [2.05, 4.69) is 29.8 Å². The van der Waals surface area contributed by atoms with E-state index in [-0.39, 0.29) is 11.3 Å². The van der Waals surface area contributed by atoms with Crippen molar-refractivity contribution in [1.29, 1.82) is 0 Å². The molecule has 4 unspecified atom stereocenters. The SMILES string of the molecule is C[C@@]1(O)CC[C@@]2(C)C(CCC3C2CC[C@@]2(C)C3CC[C@@H]2C(=O)CBr)C1.